The molecule has 0 aromatic heterocycles. The third-order valence-corrected chi connectivity index (χ3v) is 11.2. The van der Waals surface area contributed by atoms with Crippen LogP contribution in [-0.4, -0.2) is 84.8 Å². The van der Waals surface area contributed by atoms with Crippen LogP contribution in [0.25, 0.3) is 0 Å². The first-order valence-electron chi connectivity index (χ1n) is 24.0. The van der Waals surface area contributed by atoms with Crippen LogP contribution in [0.3, 0.4) is 0 Å². The lowest BCUT2D eigenvalue weighted by molar-refractivity contribution is -0.153. The van der Waals surface area contributed by atoms with Crippen LogP contribution >= 0.6 is 0 Å². The molecule has 0 spiro atoms. The molecule has 2 aliphatic heterocycles. The van der Waals surface area contributed by atoms with Crippen LogP contribution in [0.15, 0.2) is 48.6 Å². The number of nitrogens with zero attached hydrogens (tertiary/aromatic N) is 2. The standard InChI is InChI=1S/C50H86N2O6/c1-5-7-9-11-13-15-17-19-21-23-25-27-29-31-33-35-39-56-50(55)47-40-46(58-49(54)37-38-51-41-44(3)57-45(4)42-51)43-52(47)48(53)36-34-32-30-28-26-24-22-20-18-16-14-12-10-8-6-2/h13-16,19-22,44-47H,5-12,17-18,23-43H2,1-4H3/b15-13-,16-14-,21-19-,22-20-. The summed E-state index contributed by atoms with van der Waals surface area (Å²) >= 11 is 0. The van der Waals surface area contributed by atoms with Crippen molar-refractivity contribution in [2.75, 3.05) is 32.8 Å². The summed E-state index contributed by atoms with van der Waals surface area (Å²) < 4.78 is 17.4. The van der Waals surface area contributed by atoms with E-state index in [1.807, 2.05) is 0 Å². The summed E-state index contributed by atoms with van der Waals surface area (Å²) in [7, 11) is 0. The first kappa shape index (κ1) is 51.4. The molecule has 2 fully saturated rings. The highest BCUT2D eigenvalue weighted by Crippen LogP contribution is 2.25. The maximum Gasteiger partial charge on any atom is 0.329 e. The van der Waals surface area contributed by atoms with Crippen molar-refractivity contribution in [1.82, 2.24) is 9.80 Å². The zero-order valence-electron chi connectivity index (χ0n) is 37.7. The van der Waals surface area contributed by atoms with Crippen molar-refractivity contribution >= 4 is 17.8 Å². The third kappa shape index (κ3) is 26.4. The SMILES string of the molecule is CCCCC/C=C\C/C=C\CCCCCCCCOC(=O)C1CC(OC(=O)CCN2CC(C)OC(C)C2)CN1C(=O)CCCCCCC/C=C\C/C=C\CCCCC. The minimum atomic E-state index is -0.700. The van der Waals surface area contributed by atoms with Crippen molar-refractivity contribution in [1.29, 1.82) is 0 Å². The second-order valence-electron chi connectivity index (χ2n) is 16.9. The molecule has 0 saturated carbocycles. The van der Waals surface area contributed by atoms with Crippen LogP contribution in [0, 0.1) is 0 Å². The van der Waals surface area contributed by atoms with Crippen LogP contribution in [0.5, 0.6) is 0 Å². The van der Waals surface area contributed by atoms with E-state index in [0.29, 0.717) is 26.0 Å². The van der Waals surface area contributed by atoms with Gasteiger partial charge in [-0.3, -0.25) is 14.5 Å². The molecule has 2 heterocycles. The Kier molecular flexibility index (Phi) is 31.1. The van der Waals surface area contributed by atoms with Crippen molar-refractivity contribution in [2.24, 2.45) is 0 Å². The van der Waals surface area contributed by atoms with E-state index >= 15 is 0 Å². The summed E-state index contributed by atoms with van der Waals surface area (Å²) in [6.45, 7) is 11.4. The van der Waals surface area contributed by atoms with Gasteiger partial charge in [-0.25, -0.2) is 4.79 Å². The fourth-order valence-corrected chi connectivity index (χ4v) is 7.93. The van der Waals surface area contributed by atoms with Gasteiger partial charge in [0, 0.05) is 32.5 Å². The molecule has 0 N–H and O–H groups in total. The number of esters is 2. The van der Waals surface area contributed by atoms with Gasteiger partial charge in [0.05, 0.1) is 31.8 Å². The highest BCUT2D eigenvalue weighted by Gasteiger charge is 2.42. The Balaban J connectivity index is 1.70. The molecule has 0 radical (unpaired) electrons. The molecule has 8 nitrogen and oxygen atoms in total. The van der Waals surface area contributed by atoms with E-state index in [9.17, 15) is 14.4 Å². The van der Waals surface area contributed by atoms with Crippen molar-refractivity contribution in [3.05, 3.63) is 48.6 Å². The molecule has 0 aromatic rings. The van der Waals surface area contributed by atoms with Gasteiger partial charge >= 0.3 is 11.9 Å². The summed E-state index contributed by atoms with van der Waals surface area (Å²) in [6, 6.07) is -0.700. The van der Waals surface area contributed by atoms with Gasteiger partial charge in [-0.2, -0.15) is 0 Å². The van der Waals surface area contributed by atoms with Gasteiger partial charge in [-0.15, -0.1) is 0 Å². The molecular formula is C50H86N2O6. The Bertz CT molecular complexity index is 1170. The van der Waals surface area contributed by atoms with E-state index in [0.717, 1.165) is 90.1 Å². The Hall–Kier alpha value is -2.71. The number of morpholine rings is 1. The Labute approximate surface area is 355 Å². The van der Waals surface area contributed by atoms with Crippen molar-refractivity contribution in [3.8, 4) is 0 Å². The minimum Gasteiger partial charge on any atom is -0.464 e. The number of allylic oxidation sites excluding steroid dienone is 8. The number of unbranched alkanes of at least 4 members (excludes halogenated alkanes) is 17. The lowest BCUT2D eigenvalue weighted by Gasteiger charge is -2.35. The summed E-state index contributed by atoms with van der Waals surface area (Å²) in [6.07, 6.45) is 45.3. The van der Waals surface area contributed by atoms with E-state index < -0.39 is 12.1 Å². The van der Waals surface area contributed by atoms with Gasteiger partial charge in [0.1, 0.15) is 12.1 Å². The second kappa shape index (κ2) is 35.1. The second-order valence-corrected chi connectivity index (χ2v) is 16.9. The Morgan fingerprint density at radius 2 is 1.07 bits per heavy atom. The van der Waals surface area contributed by atoms with Crippen LogP contribution in [0.1, 0.15) is 195 Å². The molecule has 2 rings (SSSR count). The molecule has 2 saturated heterocycles. The number of carbonyl (C=O) groups excluding carboxylic acids is 3. The average Bonchev–Trinajstić information content (AvgIpc) is 3.63. The molecule has 4 unspecified atom stereocenters. The zero-order chi connectivity index (χ0) is 41.9. The highest BCUT2D eigenvalue weighted by atomic mass is 16.6. The number of likely N-dealkylation sites (tertiary alicyclic amines) is 1. The minimum absolute atomic E-state index is 0.0452. The fourth-order valence-electron chi connectivity index (χ4n) is 7.93. The number of carbonyl (C=O) groups is 3. The fraction of sp³-hybridized carbons (Fsp3) is 0.780. The van der Waals surface area contributed by atoms with Gasteiger partial charge < -0.3 is 19.1 Å². The molecule has 2 aliphatic rings. The normalized spacial score (nSPS) is 20.4. The number of hydrogen-bond donors (Lipinski definition) is 0. The third-order valence-electron chi connectivity index (χ3n) is 11.2. The van der Waals surface area contributed by atoms with Gasteiger partial charge in [0.25, 0.3) is 0 Å². The molecule has 8 heteroatoms. The monoisotopic (exact) mass is 811 g/mol. The van der Waals surface area contributed by atoms with Crippen molar-refractivity contribution in [3.63, 3.8) is 0 Å². The lowest BCUT2D eigenvalue weighted by Crippen LogP contribution is -2.46. The van der Waals surface area contributed by atoms with Crippen LogP contribution in [-0.2, 0) is 28.6 Å². The van der Waals surface area contributed by atoms with Gasteiger partial charge in [0.2, 0.25) is 5.91 Å². The van der Waals surface area contributed by atoms with Gasteiger partial charge in [-0.1, -0.05) is 133 Å². The zero-order valence-corrected chi connectivity index (χ0v) is 37.7. The van der Waals surface area contributed by atoms with E-state index in [4.69, 9.17) is 14.2 Å². The van der Waals surface area contributed by atoms with Gasteiger partial charge in [-0.05, 0) is 90.9 Å². The largest absolute Gasteiger partial charge is 0.464 e. The van der Waals surface area contributed by atoms with Crippen LogP contribution < -0.4 is 0 Å². The smallest absolute Gasteiger partial charge is 0.329 e. The quantitative estimate of drug-likeness (QED) is 0.0363. The van der Waals surface area contributed by atoms with Crippen LogP contribution in [0.4, 0.5) is 0 Å². The summed E-state index contributed by atoms with van der Waals surface area (Å²) in [4.78, 5) is 43.6. The molecule has 0 aromatic carbocycles. The number of ether oxygens (including phenoxy) is 3. The molecule has 0 bridgehead atoms. The maximum atomic E-state index is 13.5. The molecule has 332 valence electrons. The number of amides is 1. The molecule has 0 aliphatic carbocycles. The Morgan fingerprint density at radius 1 is 0.586 bits per heavy atom. The number of rotatable bonds is 34. The van der Waals surface area contributed by atoms with Crippen molar-refractivity contribution < 1.29 is 28.6 Å². The summed E-state index contributed by atoms with van der Waals surface area (Å²) in [5.41, 5.74) is 0. The summed E-state index contributed by atoms with van der Waals surface area (Å²) in [5.74, 6) is -0.699. The summed E-state index contributed by atoms with van der Waals surface area (Å²) in [5, 5.41) is 0. The van der Waals surface area contributed by atoms with Gasteiger partial charge in [0.15, 0.2) is 0 Å². The number of hydrogen-bond acceptors (Lipinski definition) is 7. The predicted octanol–water partition coefficient (Wildman–Crippen LogP) is 12.2. The highest BCUT2D eigenvalue weighted by molar-refractivity contribution is 5.85. The Morgan fingerprint density at radius 3 is 1.60 bits per heavy atom. The molecule has 1 amide bonds. The topological polar surface area (TPSA) is 85.4 Å². The van der Waals surface area contributed by atoms with E-state index in [1.54, 1.807) is 4.90 Å². The van der Waals surface area contributed by atoms with Crippen LogP contribution in [0.2, 0.25) is 0 Å². The first-order valence-corrected chi connectivity index (χ1v) is 24.0. The molecule has 58 heavy (non-hydrogen) atoms. The molecule has 4 atom stereocenters. The van der Waals surface area contributed by atoms with Crippen molar-refractivity contribution in [2.45, 2.75) is 219 Å². The average molecular weight is 811 g/mol. The molecular weight excluding hydrogens is 725 g/mol. The predicted molar refractivity (Wildman–Crippen MR) is 241 cm³/mol. The van der Waals surface area contributed by atoms with E-state index in [1.165, 1.54) is 70.6 Å². The van der Waals surface area contributed by atoms with E-state index in [2.05, 4.69) is 81.2 Å². The maximum absolute atomic E-state index is 13.5. The first-order chi connectivity index (χ1) is 28.3. The van der Waals surface area contributed by atoms with E-state index in [-0.39, 0.29) is 43.0 Å². The lowest BCUT2D eigenvalue weighted by atomic mass is 10.1.